The average Bonchev–Trinajstić information content (AvgIpc) is 2.53. The minimum Gasteiger partial charge on any atom is -0.494 e. The van der Waals surface area contributed by atoms with Gasteiger partial charge in [-0.05, 0) is 45.7 Å². The Hall–Kier alpha value is -2.57. The summed E-state index contributed by atoms with van der Waals surface area (Å²) in [5.41, 5.74) is 0.898. The van der Waals surface area contributed by atoms with Crippen LogP contribution in [0.5, 0.6) is 5.75 Å². The van der Waals surface area contributed by atoms with Crippen LogP contribution in [0.25, 0.3) is 0 Å². The highest BCUT2D eigenvalue weighted by molar-refractivity contribution is 5.97. The number of para-hydroxylation sites is 1. The van der Waals surface area contributed by atoms with Gasteiger partial charge in [0.25, 0.3) is 5.91 Å². The number of esters is 1. The van der Waals surface area contributed by atoms with Crippen molar-refractivity contribution in [3.8, 4) is 5.75 Å². The number of aryl methyl sites for hydroxylation is 1. The lowest BCUT2D eigenvalue weighted by molar-refractivity contribution is -0.154. The number of nitrogens with one attached hydrogen (secondary N) is 2. The van der Waals surface area contributed by atoms with Gasteiger partial charge in [-0.1, -0.05) is 18.2 Å². The van der Waals surface area contributed by atoms with Gasteiger partial charge in [0.05, 0.1) is 6.61 Å². The maximum atomic E-state index is 11.9. The van der Waals surface area contributed by atoms with Crippen molar-refractivity contribution in [3.63, 3.8) is 0 Å². The second kappa shape index (κ2) is 10.3. The molecule has 0 aliphatic rings. The van der Waals surface area contributed by atoms with Crippen molar-refractivity contribution in [1.29, 1.82) is 0 Å². The predicted molar refractivity (Wildman–Crippen MR) is 93.3 cm³/mol. The number of urea groups is 1. The van der Waals surface area contributed by atoms with Crippen LogP contribution in [0.15, 0.2) is 24.3 Å². The number of carbonyl (C=O) groups excluding carboxylic acids is 3. The zero-order valence-electron chi connectivity index (χ0n) is 15.1. The SMILES string of the molecule is CCOc1ccccc1CCC(=O)O[C@H](C)C(=O)NC(=O)NC(C)C. The van der Waals surface area contributed by atoms with Crippen LogP contribution in [-0.2, 0) is 20.7 Å². The molecule has 1 aromatic rings. The Kier molecular flexibility index (Phi) is 8.46. The second-order valence-corrected chi connectivity index (χ2v) is 5.79. The summed E-state index contributed by atoms with van der Waals surface area (Å²) in [5.74, 6) is -0.451. The number of rotatable bonds is 8. The molecule has 0 heterocycles. The molecule has 0 spiro atoms. The number of ether oxygens (including phenoxy) is 2. The lowest BCUT2D eigenvalue weighted by Gasteiger charge is -2.15. The molecule has 138 valence electrons. The quantitative estimate of drug-likeness (QED) is 0.701. The van der Waals surface area contributed by atoms with Crippen LogP contribution in [0.1, 0.15) is 39.7 Å². The first-order valence-electron chi connectivity index (χ1n) is 8.35. The molecule has 1 atom stereocenters. The Morgan fingerprint density at radius 3 is 2.44 bits per heavy atom. The van der Waals surface area contributed by atoms with E-state index < -0.39 is 24.0 Å². The number of amides is 3. The van der Waals surface area contributed by atoms with Gasteiger partial charge in [-0.2, -0.15) is 0 Å². The van der Waals surface area contributed by atoms with Crippen molar-refractivity contribution in [2.75, 3.05) is 6.61 Å². The summed E-state index contributed by atoms with van der Waals surface area (Å²) >= 11 is 0. The van der Waals surface area contributed by atoms with Crippen LogP contribution in [0, 0.1) is 0 Å². The molecule has 2 N–H and O–H groups in total. The fraction of sp³-hybridized carbons (Fsp3) is 0.500. The fourth-order valence-corrected chi connectivity index (χ4v) is 2.06. The molecule has 0 saturated carbocycles. The Morgan fingerprint density at radius 2 is 1.80 bits per heavy atom. The summed E-state index contributed by atoms with van der Waals surface area (Å²) in [4.78, 5) is 35.2. The highest BCUT2D eigenvalue weighted by Gasteiger charge is 2.20. The third kappa shape index (κ3) is 7.69. The zero-order chi connectivity index (χ0) is 18.8. The third-order valence-corrected chi connectivity index (χ3v) is 3.20. The van der Waals surface area contributed by atoms with Crippen LogP contribution in [0.2, 0.25) is 0 Å². The van der Waals surface area contributed by atoms with Gasteiger partial charge in [-0.25, -0.2) is 4.79 Å². The van der Waals surface area contributed by atoms with Crippen molar-refractivity contribution in [3.05, 3.63) is 29.8 Å². The summed E-state index contributed by atoms with van der Waals surface area (Å²) < 4.78 is 10.6. The summed E-state index contributed by atoms with van der Waals surface area (Å²) in [6, 6.07) is 6.73. The maximum absolute atomic E-state index is 11.9. The van der Waals surface area contributed by atoms with Crippen molar-refractivity contribution < 1.29 is 23.9 Å². The van der Waals surface area contributed by atoms with Gasteiger partial charge < -0.3 is 14.8 Å². The number of hydrogen-bond donors (Lipinski definition) is 2. The predicted octanol–water partition coefficient (Wildman–Crippen LogP) is 2.18. The zero-order valence-corrected chi connectivity index (χ0v) is 15.1. The summed E-state index contributed by atoms with van der Waals surface area (Å²) in [6.45, 7) is 7.39. The van der Waals surface area contributed by atoms with E-state index in [1.54, 1.807) is 13.8 Å². The third-order valence-electron chi connectivity index (χ3n) is 3.20. The van der Waals surface area contributed by atoms with E-state index in [1.165, 1.54) is 6.92 Å². The first-order valence-corrected chi connectivity index (χ1v) is 8.35. The Labute approximate surface area is 148 Å². The summed E-state index contributed by atoms with van der Waals surface area (Å²) in [7, 11) is 0. The number of benzene rings is 1. The van der Waals surface area contributed by atoms with Gasteiger partial charge in [0.2, 0.25) is 0 Å². The van der Waals surface area contributed by atoms with Crippen LogP contribution >= 0.6 is 0 Å². The fourth-order valence-electron chi connectivity index (χ4n) is 2.06. The molecule has 0 bridgehead atoms. The molecule has 0 aliphatic heterocycles. The molecule has 0 fully saturated rings. The molecular weight excluding hydrogens is 324 g/mol. The molecule has 0 aromatic heterocycles. The van der Waals surface area contributed by atoms with Crippen LogP contribution in [0.4, 0.5) is 4.79 Å². The lowest BCUT2D eigenvalue weighted by Crippen LogP contribution is -2.46. The van der Waals surface area contributed by atoms with Crippen LogP contribution in [-0.4, -0.2) is 36.7 Å². The molecule has 0 saturated heterocycles. The molecule has 25 heavy (non-hydrogen) atoms. The standard InChI is InChI=1S/C18H26N2O5/c1-5-24-15-9-7-6-8-14(15)10-11-16(21)25-13(4)17(22)20-18(23)19-12(2)3/h6-9,12-13H,5,10-11H2,1-4H3,(H2,19,20,22,23)/t13-/m1/s1. The number of imide groups is 1. The van der Waals surface area contributed by atoms with E-state index in [-0.39, 0.29) is 12.5 Å². The highest BCUT2D eigenvalue weighted by atomic mass is 16.5. The molecule has 1 rings (SSSR count). The van der Waals surface area contributed by atoms with Crippen molar-refractivity contribution in [2.45, 2.75) is 52.7 Å². The minimum atomic E-state index is -1.05. The van der Waals surface area contributed by atoms with Gasteiger partial charge in [0.1, 0.15) is 5.75 Å². The minimum absolute atomic E-state index is 0.101. The van der Waals surface area contributed by atoms with E-state index in [1.807, 2.05) is 31.2 Å². The van der Waals surface area contributed by atoms with Gasteiger partial charge in [0.15, 0.2) is 6.10 Å². The lowest BCUT2D eigenvalue weighted by atomic mass is 10.1. The van der Waals surface area contributed by atoms with E-state index >= 15 is 0 Å². The topological polar surface area (TPSA) is 93.7 Å². The van der Waals surface area contributed by atoms with Crippen LogP contribution < -0.4 is 15.4 Å². The average molecular weight is 350 g/mol. The van der Waals surface area contributed by atoms with Gasteiger partial charge in [-0.3, -0.25) is 14.9 Å². The molecule has 0 unspecified atom stereocenters. The van der Waals surface area contributed by atoms with E-state index in [9.17, 15) is 14.4 Å². The normalized spacial score (nSPS) is 11.6. The van der Waals surface area contributed by atoms with Crippen molar-refractivity contribution in [1.82, 2.24) is 10.6 Å². The van der Waals surface area contributed by atoms with Crippen molar-refractivity contribution in [2.24, 2.45) is 0 Å². The Morgan fingerprint density at radius 1 is 1.12 bits per heavy atom. The van der Waals surface area contributed by atoms with E-state index in [0.29, 0.717) is 13.0 Å². The molecule has 7 nitrogen and oxygen atoms in total. The molecular formula is C18H26N2O5. The highest BCUT2D eigenvalue weighted by Crippen LogP contribution is 2.19. The van der Waals surface area contributed by atoms with Gasteiger partial charge in [-0.15, -0.1) is 0 Å². The van der Waals surface area contributed by atoms with Crippen molar-refractivity contribution >= 4 is 17.9 Å². The number of carbonyl (C=O) groups is 3. The summed E-state index contributed by atoms with van der Waals surface area (Å²) in [6.07, 6.45) is -0.496. The smallest absolute Gasteiger partial charge is 0.321 e. The Bertz CT molecular complexity index is 601. The molecule has 0 aliphatic carbocycles. The van der Waals surface area contributed by atoms with E-state index in [4.69, 9.17) is 9.47 Å². The largest absolute Gasteiger partial charge is 0.494 e. The first kappa shape index (κ1) is 20.5. The molecule has 3 amide bonds. The maximum Gasteiger partial charge on any atom is 0.321 e. The second-order valence-electron chi connectivity index (χ2n) is 5.79. The Balaban J connectivity index is 2.46. The molecule has 1 aromatic carbocycles. The monoisotopic (exact) mass is 350 g/mol. The van der Waals surface area contributed by atoms with Crippen LogP contribution in [0.3, 0.4) is 0 Å². The molecule has 7 heteroatoms. The summed E-state index contributed by atoms with van der Waals surface area (Å²) in [5, 5.41) is 4.65. The first-order chi connectivity index (χ1) is 11.8. The van der Waals surface area contributed by atoms with E-state index in [2.05, 4.69) is 10.6 Å². The van der Waals surface area contributed by atoms with E-state index in [0.717, 1.165) is 11.3 Å². The van der Waals surface area contributed by atoms with Gasteiger partial charge >= 0.3 is 12.0 Å². The van der Waals surface area contributed by atoms with Gasteiger partial charge in [0, 0.05) is 12.5 Å². The number of hydrogen-bond acceptors (Lipinski definition) is 5. The molecule has 0 radical (unpaired) electrons.